The lowest BCUT2D eigenvalue weighted by Gasteiger charge is -2.19. The maximum atomic E-state index is 13.2. The first-order chi connectivity index (χ1) is 16.5. The van der Waals surface area contributed by atoms with Crippen molar-refractivity contribution in [2.24, 2.45) is 0 Å². The molecule has 0 fully saturated rings. The van der Waals surface area contributed by atoms with Gasteiger partial charge in [0.1, 0.15) is 18.9 Å². The lowest BCUT2D eigenvalue weighted by Crippen LogP contribution is -2.30. The summed E-state index contributed by atoms with van der Waals surface area (Å²) in [5.74, 6) is 1.20. The average Bonchev–Trinajstić information content (AvgIpc) is 3.32. The second kappa shape index (κ2) is 10.8. The van der Waals surface area contributed by atoms with Crippen LogP contribution in [0, 0.1) is 6.92 Å². The van der Waals surface area contributed by atoms with Crippen molar-refractivity contribution in [2.45, 2.75) is 20.1 Å². The Balaban J connectivity index is 1.46. The largest absolute Gasteiger partial charge is 0.489 e. The van der Waals surface area contributed by atoms with Crippen molar-refractivity contribution in [1.82, 2.24) is 15.0 Å². The number of halogens is 1. The molecule has 172 valence electrons. The molecule has 1 aromatic heterocycles. The summed E-state index contributed by atoms with van der Waals surface area (Å²) in [6, 6.07) is 22.4. The van der Waals surface area contributed by atoms with E-state index >= 15 is 0 Å². The van der Waals surface area contributed by atoms with Crippen LogP contribution in [-0.4, -0.2) is 27.5 Å². The number of hydrogen-bond acceptors (Lipinski definition) is 5. The van der Waals surface area contributed by atoms with Crippen molar-refractivity contribution in [3.05, 3.63) is 113 Å². The number of hydrogen-bond donors (Lipinski definition) is 0. The minimum Gasteiger partial charge on any atom is -0.489 e. The van der Waals surface area contributed by atoms with E-state index < -0.39 is 0 Å². The van der Waals surface area contributed by atoms with E-state index in [2.05, 4.69) is 16.7 Å². The molecule has 1 amide bonds. The van der Waals surface area contributed by atoms with E-state index in [-0.39, 0.29) is 12.5 Å². The van der Waals surface area contributed by atoms with E-state index in [1.165, 1.54) is 0 Å². The van der Waals surface area contributed by atoms with E-state index in [1.807, 2.05) is 55.5 Å². The maximum Gasteiger partial charge on any atom is 0.254 e. The highest BCUT2D eigenvalue weighted by atomic mass is 35.5. The molecule has 0 aliphatic rings. The standard InChI is InChI=1S/C27H24ClN3O3/c1-3-15-31(17-25-29-26(30-34-25)20-13-11-19(2)12-14-20)27(32)21-8-6-9-23(16-21)33-18-22-7-4-5-10-24(22)28/h3-14,16H,1,15,17-18H2,2H3. The number of nitrogens with zero attached hydrogens (tertiary/aromatic N) is 3. The molecule has 0 unspecified atom stereocenters. The molecule has 0 saturated carbocycles. The summed E-state index contributed by atoms with van der Waals surface area (Å²) < 4.78 is 11.3. The molecular formula is C27H24ClN3O3. The van der Waals surface area contributed by atoms with E-state index in [0.29, 0.717) is 41.2 Å². The predicted molar refractivity (Wildman–Crippen MR) is 132 cm³/mol. The SMILES string of the molecule is C=CCN(Cc1nc(-c2ccc(C)cc2)no1)C(=O)c1cccc(OCc2ccccc2Cl)c1. The van der Waals surface area contributed by atoms with E-state index in [0.717, 1.165) is 16.7 Å². The molecule has 4 rings (SSSR count). The molecule has 3 aromatic carbocycles. The Kier molecular flexibility index (Phi) is 7.40. The topological polar surface area (TPSA) is 68.5 Å². The van der Waals surface area contributed by atoms with Gasteiger partial charge in [-0.3, -0.25) is 4.79 Å². The number of benzene rings is 3. The monoisotopic (exact) mass is 473 g/mol. The number of aromatic nitrogens is 2. The molecule has 6 nitrogen and oxygen atoms in total. The van der Waals surface area contributed by atoms with E-state index in [1.54, 1.807) is 35.2 Å². The highest BCUT2D eigenvalue weighted by Crippen LogP contribution is 2.21. The molecule has 0 N–H and O–H groups in total. The van der Waals surface area contributed by atoms with Crippen LogP contribution < -0.4 is 4.74 Å². The second-order valence-corrected chi connectivity index (χ2v) is 8.17. The summed E-state index contributed by atoms with van der Waals surface area (Å²) in [4.78, 5) is 19.3. The quantitative estimate of drug-likeness (QED) is 0.274. The van der Waals surface area contributed by atoms with Gasteiger partial charge < -0.3 is 14.2 Å². The number of aryl methyl sites for hydroxylation is 1. The van der Waals surface area contributed by atoms with Crippen LogP contribution in [0.15, 0.2) is 90.0 Å². The summed E-state index contributed by atoms with van der Waals surface area (Å²) in [5, 5.41) is 4.69. The van der Waals surface area contributed by atoms with Crippen molar-refractivity contribution in [3.63, 3.8) is 0 Å². The molecule has 0 radical (unpaired) electrons. The zero-order valence-corrected chi connectivity index (χ0v) is 19.5. The number of carbonyl (C=O) groups is 1. The number of ether oxygens (including phenoxy) is 1. The van der Waals surface area contributed by atoms with Gasteiger partial charge in [0.15, 0.2) is 0 Å². The predicted octanol–water partition coefficient (Wildman–Crippen LogP) is 6.11. The Bertz CT molecular complexity index is 1280. The van der Waals surface area contributed by atoms with Gasteiger partial charge >= 0.3 is 0 Å². The van der Waals surface area contributed by atoms with Crippen molar-refractivity contribution in [3.8, 4) is 17.1 Å². The normalized spacial score (nSPS) is 10.6. The lowest BCUT2D eigenvalue weighted by molar-refractivity contribution is 0.0745. The number of rotatable bonds is 9. The van der Waals surface area contributed by atoms with Crippen LogP contribution >= 0.6 is 11.6 Å². The molecule has 0 bridgehead atoms. The molecule has 7 heteroatoms. The highest BCUT2D eigenvalue weighted by molar-refractivity contribution is 6.31. The van der Waals surface area contributed by atoms with Gasteiger partial charge in [0.2, 0.25) is 11.7 Å². The van der Waals surface area contributed by atoms with E-state index in [9.17, 15) is 4.79 Å². The first-order valence-corrected chi connectivity index (χ1v) is 11.2. The fourth-order valence-corrected chi connectivity index (χ4v) is 3.55. The Labute approximate surface area is 203 Å². The fourth-order valence-electron chi connectivity index (χ4n) is 3.36. The first kappa shape index (κ1) is 23.3. The van der Waals surface area contributed by atoms with Crippen LogP contribution in [-0.2, 0) is 13.2 Å². The van der Waals surface area contributed by atoms with Crippen molar-refractivity contribution < 1.29 is 14.1 Å². The van der Waals surface area contributed by atoms with Gasteiger partial charge in [-0.05, 0) is 31.2 Å². The van der Waals surface area contributed by atoms with Gasteiger partial charge in [0.05, 0.1) is 0 Å². The van der Waals surface area contributed by atoms with Crippen molar-refractivity contribution in [1.29, 1.82) is 0 Å². The van der Waals surface area contributed by atoms with Crippen LogP contribution in [0.1, 0.15) is 27.4 Å². The maximum absolute atomic E-state index is 13.2. The first-order valence-electron chi connectivity index (χ1n) is 10.8. The summed E-state index contributed by atoms with van der Waals surface area (Å²) >= 11 is 6.20. The Morgan fingerprint density at radius 1 is 1.12 bits per heavy atom. The minimum absolute atomic E-state index is 0.161. The third-order valence-electron chi connectivity index (χ3n) is 5.17. The Hall–Kier alpha value is -3.90. The lowest BCUT2D eigenvalue weighted by atomic mass is 10.1. The third-order valence-corrected chi connectivity index (χ3v) is 5.54. The van der Waals surface area contributed by atoms with Crippen molar-refractivity contribution in [2.75, 3.05) is 6.54 Å². The molecule has 1 heterocycles. The van der Waals surface area contributed by atoms with Gasteiger partial charge in [-0.15, -0.1) is 6.58 Å². The summed E-state index contributed by atoms with van der Waals surface area (Å²) in [6.45, 7) is 6.57. The van der Waals surface area contributed by atoms with Gasteiger partial charge in [-0.25, -0.2) is 0 Å². The Morgan fingerprint density at radius 2 is 1.91 bits per heavy atom. The summed E-state index contributed by atoms with van der Waals surface area (Å²) in [6.07, 6.45) is 1.66. The minimum atomic E-state index is -0.196. The third kappa shape index (κ3) is 5.71. The summed E-state index contributed by atoms with van der Waals surface area (Å²) in [5.41, 5.74) is 3.35. The fraction of sp³-hybridized carbons (Fsp3) is 0.148. The summed E-state index contributed by atoms with van der Waals surface area (Å²) in [7, 11) is 0. The van der Waals surface area contributed by atoms with Crippen molar-refractivity contribution >= 4 is 17.5 Å². The van der Waals surface area contributed by atoms with Gasteiger partial charge in [-0.2, -0.15) is 4.98 Å². The van der Waals surface area contributed by atoms with Crippen LogP contribution in [0.4, 0.5) is 0 Å². The molecule has 0 atom stereocenters. The molecule has 0 saturated heterocycles. The zero-order chi connectivity index (χ0) is 23.9. The highest BCUT2D eigenvalue weighted by Gasteiger charge is 2.19. The molecular weight excluding hydrogens is 450 g/mol. The van der Waals surface area contributed by atoms with Gasteiger partial charge in [0, 0.05) is 28.3 Å². The molecule has 0 aliphatic heterocycles. The van der Waals surface area contributed by atoms with Crippen LogP contribution in [0.25, 0.3) is 11.4 Å². The Morgan fingerprint density at radius 3 is 2.68 bits per heavy atom. The van der Waals surface area contributed by atoms with Gasteiger partial charge in [0.25, 0.3) is 5.91 Å². The molecule has 34 heavy (non-hydrogen) atoms. The molecule has 4 aromatic rings. The molecule has 0 spiro atoms. The average molecular weight is 474 g/mol. The second-order valence-electron chi connectivity index (χ2n) is 7.76. The number of carbonyl (C=O) groups excluding carboxylic acids is 1. The smallest absolute Gasteiger partial charge is 0.254 e. The molecule has 0 aliphatic carbocycles. The van der Waals surface area contributed by atoms with Crippen LogP contribution in [0.5, 0.6) is 5.75 Å². The van der Waals surface area contributed by atoms with Crippen LogP contribution in [0.2, 0.25) is 5.02 Å². The van der Waals surface area contributed by atoms with Gasteiger partial charge in [-0.1, -0.05) is 76.9 Å². The number of amides is 1. The zero-order valence-electron chi connectivity index (χ0n) is 18.8. The van der Waals surface area contributed by atoms with E-state index in [4.69, 9.17) is 20.9 Å². The van der Waals surface area contributed by atoms with Crippen LogP contribution in [0.3, 0.4) is 0 Å².